The van der Waals surface area contributed by atoms with Crippen LogP contribution in [0.1, 0.15) is 5.56 Å². The van der Waals surface area contributed by atoms with E-state index in [4.69, 9.17) is 14.7 Å². The summed E-state index contributed by atoms with van der Waals surface area (Å²) in [5.41, 5.74) is 0.498. The van der Waals surface area contributed by atoms with Gasteiger partial charge in [0.05, 0.1) is 11.6 Å². The number of ether oxygens (including phenoxy) is 2. The van der Waals surface area contributed by atoms with Gasteiger partial charge in [-0.1, -0.05) is 6.07 Å². The molecule has 4 nitrogen and oxygen atoms in total. The number of benzene rings is 2. The predicted octanol–water partition coefficient (Wildman–Crippen LogP) is 2.66. The van der Waals surface area contributed by atoms with Crippen LogP contribution in [0.5, 0.6) is 11.5 Å². The molecular formula is C16H13F2NO3. The average molecular weight is 305 g/mol. The topological polar surface area (TPSA) is 62.5 Å². The SMILES string of the molecule is N#Cc1ccc(OC[C@@H](O)COc2cccc(F)c2F)cc1. The molecule has 114 valence electrons. The summed E-state index contributed by atoms with van der Waals surface area (Å²) >= 11 is 0. The number of nitrogens with zero attached hydrogens (tertiary/aromatic N) is 1. The zero-order valence-electron chi connectivity index (χ0n) is 11.5. The summed E-state index contributed by atoms with van der Waals surface area (Å²) in [4.78, 5) is 0. The molecule has 0 aliphatic rings. The minimum absolute atomic E-state index is 0.0805. The van der Waals surface area contributed by atoms with Gasteiger partial charge >= 0.3 is 0 Å². The Morgan fingerprint density at radius 1 is 1.05 bits per heavy atom. The maximum absolute atomic E-state index is 13.3. The minimum Gasteiger partial charge on any atom is -0.491 e. The minimum atomic E-state index is -1.09. The second-order valence-electron chi connectivity index (χ2n) is 4.46. The van der Waals surface area contributed by atoms with Crippen molar-refractivity contribution in [2.75, 3.05) is 13.2 Å². The van der Waals surface area contributed by atoms with Crippen LogP contribution in [0.25, 0.3) is 0 Å². The normalized spacial score (nSPS) is 11.5. The van der Waals surface area contributed by atoms with Crippen LogP contribution in [0.3, 0.4) is 0 Å². The first-order chi connectivity index (χ1) is 10.6. The zero-order chi connectivity index (χ0) is 15.9. The molecule has 0 aliphatic carbocycles. The molecule has 0 unspecified atom stereocenters. The van der Waals surface area contributed by atoms with Crippen LogP contribution < -0.4 is 9.47 Å². The fourth-order valence-electron chi connectivity index (χ4n) is 1.65. The number of hydrogen-bond acceptors (Lipinski definition) is 4. The summed E-state index contributed by atoms with van der Waals surface area (Å²) in [7, 11) is 0. The average Bonchev–Trinajstić information content (AvgIpc) is 2.54. The van der Waals surface area contributed by atoms with Crippen molar-refractivity contribution in [3.63, 3.8) is 0 Å². The Bertz CT molecular complexity index is 668. The van der Waals surface area contributed by atoms with Crippen molar-refractivity contribution in [2.24, 2.45) is 0 Å². The van der Waals surface area contributed by atoms with Crippen molar-refractivity contribution in [3.8, 4) is 17.6 Å². The Labute approximate surface area is 126 Å². The molecule has 22 heavy (non-hydrogen) atoms. The van der Waals surface area contributed by atoms with E-state index in [1.165, 1.54) is 12.1 Å². The quantitative estimate of drug-likeness (QED) is 0.891. The van der Waals surface area contributed by atoms with Gasteiger partial charge in [-0.2, -0.15) is 9.65 Å². The molecule has 0 aromatic heterocycles. The zero-order valence-corrected chi connectivity index (χ0v) is 11.5. The van der Waals surface area contributed by atoms with E-state index in [1.807, 2.05) is 6.07 Å². The largest absolute Gasteiger partial charge is 0.491 e. The van der Waals surface area contributed by atoms with Gasteiger partial charge in [-0.25, -0.2) is 4.39 Å². The van der Waals surface area contributed by atoms with Gasteiger partial charge in [0, 0.05) is 0 Å². The third-order valence-corrected chi connectivity index (χ3v) is 2.77. The van der Waals surface area contributed by atoms with Crippen molar-refractivity contribution >= 4 is 0 Å². The maximum Gasteiger partial charge on any atom is 0.200 e. The maximum atomic E-state index is 13.3. The molecule has 0 saturated carbocycles. The van der Waals surface area contributed by atoms with Crippen LogP contribution in [0.15, 0.2) is 42.5 Å². The van der Waals surface area contributed by atoms with Gasteiger partial charge in [0.15, 0.2) is 11.6 Å². The molecule has 2 aromatic rings. The van der Waals surface area contributed by atoms with E-state index < -0.39 is 17.7 Å². The molecule has 0 amide bonds. The van der Waals surface area contributed by atoms with E-state index in [0.717, 1.165) is 6.07 Å². The number of hydrogen-bond donors (Lipinski definition) is 1. The monoisotopic (exact) mass is 305 g/mol. The molecule has 0 spiro atoms. The highest BCUT2D eigenvalue weighted by Gasteiger charge is 2.12. The molecule has 6 heteroatoms. The number of rotatable bonds is 6. The molecular weight excluding hydrogens is 292 g/mol. The lowest BCUT2D eigenvalue weighted by atomic mass is 10.2. The number of aliphatic hydroxyl groups is 1. The third kappa shape index (κ3) is 4.17. The standard InChI is InChI=1S/C16H13F2NO3/c17-14-2-1-3-15(16(14)18)22-10-12(20)9-21-13-6-4-11(8-19)5-7-13/h1-7,12,20H,9-10H2/t12-/m1/s1. The summed E-state index contributed by atoms with van der Waals surface area (Å²) in [6.07, 6.45) is -1.02. The highest BCUT2D eigenvalue weighted by atomic mass is 19.2. The van der Waals surface area contributed by atoms with E-state index in [9.17, 15) is 13.9 Å². The summed E-state index contributed by atoms with van der Waals surface area (Å²) in [5.74, 6) is -1.89. The summed E-state index contributed by atoms with van der Waals surface area (Å²) in [6.45, 7) is -0.320. The summed E-state index contributed by atoms with van der Waals surface area (Å²) in [6, 6.07) is 11.9. The van der Waals surface area contributed by atoms with Crippen molar-refractivity contribution < 1.29 is 23.4 Å². The molecule has 0 heterocycles. The Kier molecular flexibility index (Phi) is 5.28. The van der Waals surface area contributed by atoms with Gasteiger partial charge in [-0.15, -0.1) is 0 Å². The Hall–Kier alpha value is -2.65. The van der Waals surface area contributed by atoms with Crippen LogP contribution in [0, 0.1) is 23.0 Å². The van der Waals surface area contributed by atoms with Crippen LogP contribution >= 0.6 is 0 Å². The van der Waals surface area contributed by atoms with E-state index in [1.54, 1.807) is 24.3 Å². The Morgan fingerprint density at radius 3 is 2.41 bits per heavy atom. The van der Waals surface area contributed by atoms with Crippen molar-refractivity contribution in [1.29, 1.82) is 5.26 Å². The fourth-order valence-corrected chi connectivity index (χ4v) is 1.65. The van der Waals surface area contributed by atoms with Gasteiger partial charge in [0.2, 0.25) is 5.82 Å². The molecule has 0 bridgehead atoms. The van der Waals surface area contributed by atoms with E-state index >= 15 is 0 Å². The van der Waals surface area contributed by atoms with Crippen LogP contribution in [-0.4, -0.2) is 24.4 Å². The molecule has 1 atom stereocenters. The van der Waals surface area contributed by atoms with Gasteiger partial charge in [-0.05, 0) is 36.4 Å². The number of nitriles is 1. The van der Waals surface area contributed by atoms with E-state index in [-0.39, 0.29) is 19.0 Å². The smallest absolute Gasteiger partial charge is 0.200 e. The fraction of sp³-hybridized carbons (Fsp3) is 0.188. The lowest BCUT2D eigenvalue weighted by Crippen LogP contribution is -2.25. The predicted molar refractivity (Wildman–Crippen MR) is 74.5 cm³/mol. The summed E-state index contributed by atoms with van der Waals surface area (Å²) in [5, 5.41) is 18.4. The van der Waals surface area contributed by atoms with Gasteiger partial charge < -0.3 is 14.6 Å². The third-order valence-electron chi connectivity index (χ3n) is 2.77. The van der Waals surface area contributed by atoms with E-state index in [0.29, 0.717) is 11.3 Å². The molecule has 1 N–H and O–H groups in total. The molecule has 2 aromatic carbocycles. The number of aliphatic hydroxyl groups excluding tert-OH is 1. The first-order valence-electron chi connectivity index (χ1n) is 6.48. The second kappa shape index (κ2) is 7.38. The Balaban J connectivity index is 1.81. The molecule has 0 saturated heterocycles. The first-order valence-corrected chi connectivity index (χ1v) is 6.48. The van der Waals surface area contributed by atoms with Crippen LogP contribution in [0.2, 0.25) is 0 Å². The summed E-state index contributed by atoms with van der Waals surface area (Å²) < 4.78 is 36.6. The molecule has 0 radical (unpaired) electrons. The second-order valence-corrected chi connectivity index (χ2v) is 4.46. The first kappa shape index (κ1) is 15.7. The Morgan fingerprint density at radius 2 is 1.73 bits per heavy atom. The molecule has 2 rings (SSSR count). The molecule has 0 aliphatic heterocycles. The highest BCUT2D eigenvalue weighted by Crippen LogP contribution is 2.19. The lowest BCUT2D eigenvalue weighted by Gasteiger charge is -2.14. The van der Waals surface area contributed by atoms with Gasteiger partial charge in [-0.3, -0.25) is 0 Å². The molecule has 0 fully saturated rings. The number of halogens is 2. The van der Waals surface area contributed by atoms with Crippen molar-refractivity contribution in [1.82, 2.24) is 0 Å². The van der Waals surface area contributed by atoms with Gasteiger partial charge in [0.1, 0.15) is 25.1 Å². The lowest BCUT2D eigenvalue weighted by molar-refractivity contribution is 0.0610. The van der Waals surface area contributed by atoms with Crippen molar-refractivity contribution in [2.45, 2.75) is 6.10 Å². The highest BCUT2D eigenvalue weighted by molar-refractivity contribution is 5.34. The van der Waals surface area contributed by atoms with Crippen LogP contribution in [0.4, 0.5) is 8.78 Å². The van der Waals surface area contributed by atoms with Crippen LogP contribution in [-0.2, 0) is 0 Å². The van der Waals surface area contributed by atoms with E-state index in [2.05, 4.69) is 0 Å². The van der Waals surface area contributed by atoms with Crippen molar-refractivity contribution in [3.05, 3.63) is 59.7 Å². The van der Waals surface area contributed by atoms with Gasteiger partial charge in [0.25, 0.3) is 0 Å².